The van der Waals surface area contributed by atoms with E-state index in [4.69, 9.17) is 5.73 Å². The Hall–Kier alpha value is -2.02. The molecule has 1 aromatic carbocycles. The molecular formula is C10H11N3O3S. The SMILES string of the molecule is Nc1cccc(CS(=O)(=O)Nc2ccon2)c1. The Morgan fingerprint density at radius 3 is 2.82 bits per heavy atom. The first-order valence-corrected chi connectivity index (χ1v) is 6.46. The number of nitrogens with two attached hydrogens (primary N) is 1. The zero-order chi connectivity index (χ0) is 12.3. The van der Waals surface area contributed by atoms with Crippen LogP contribution in [0.2, 0.25) is 0 Å². The van der Waals surface area contributed by atoms with E-state index in [9.17, 15) is 8.42 Å². The van der Waals surface area contributed by atoms with Gasteiger partial charge in [-0.3, -0.25) is 4.72 Å². The maximum Gasteiger partial charge on any atom is 0.238 e. The molecule has 6 nitrogen and oxygen atoms in total. The van der Waals surface area contributed by atoms with Crippen molar-refractivity contribution in [1.29, 1.82) is 0 Å². The fraction of sp³-hybridized carbons (Fsp3) is 0.100. The van der Waals surface area contributed by atoms with Crippen LogP contribution in [-0.2, 0) is 15.8 Å². The Labute approximate surface area is 98.5 Å². The van der Waals surface area contributed by atoms with Gasteiger partial charge in [-0.2, -0.15) is 0 Å². The smallest absolute Gasteiger partial charge is 0.238 e. The highest BCUT2D eigenvalue weighted by atomic mass is 32.2. The van der Waals surface area contributed by atoms with Crippen molar-refractivity contribution >= 4 is 21.5 Å². The molecule has 0 saturated heterocycles. The third-order valence-corrected chi connectivity index (χ3v) is 3.24. The Balaban J connectivity index is 2.12. The summed E-state index contributed by atoms with van der Waals surface area (Å²) in [6.07, 6.45) is 1.29. The minimum Gasteiger partial charge on any atom is -0.399 e. The summed E-state index contributed by atoms with van der Waals surface area (Å²) in [6.45, 7) is 0. The number of benzene rings is 1. The fourth-order valence-corrected chi connectivity index (χ4v) is 2.48. The lowest BCUT2D eigenvalue weighted by Crippen LogP contribution is -2.15. The van der Waals surface area contributed by atoms with Crippen LogP contribution < -0.4 is 10.5 Å². The summed E-state index contributed by atoms with van der Waals surface area (Å²) in [6, 6.07) is 8.13. The lowest BCUT2D eigenvalue weighted by Gasteiger charge is -2.05. The second-order valence-corrected chi connectivity index (χ2v) is 5.21. The summed E-state index contributed by atoms with van der Waals surface area (Å²) in [5.74, 6) is -0.000784. The number of hydrogen-bond acceptors (Lipinski definition) is 5. The molecule has 1 heterocycles. The molecule has 17 heavy (non-hydrogen) atoms. The average molecular weight is 253 g/mol. The van der Waals surface area contributed by atoms with Crippen LogP contribution in [0.15, 0.2) is 41.1 Å². The van der Waals surface area contributed by atoms with Crippen LogP contribution in [0.3, 0.4) is 0 Å². The minimum atomic E-state index is -3.50. The molecule has 90 valence electrons. The molecule has 0 fully saturated rings. The van der Waals surface area contributed by atoms with E-state index >= 15 is 0 Å². The van der Waals surface area contributed by atoms with Crippen LogP contribution in [0, 0.1) is 0 Å². The standard InChI is InChI=1S/C10H11N3O3S/c11-9-3-1-2-8(6-9)7-17(14,15)13-10-4-5-16-12-10/h1-6H,7,11H2,(H,12,13). The van der Waals surface area contributed by atoms with E-state index in [2.05, 4.69) is 14.4 Å². The van der Waals surface area contributed by atoms with Crippen molar-refractivity contribution in [3.05, 3.63) is 42.2 Å². The van der Waals surface area contributed by atoms with E-state index < -0.39 is 10.0 Å². The quantitative estimate of drug-likeness (QED) is 0.798. The van der Waals surface area contributed by atoms with Crippen molar-refractivity contribution in [2.75, 3.05) is 10.5 Å². The maximum atomic E-state index is 11.7. The summed E-state index contributed by atoms with van der Waals surface area (Å²) in [7, 11) is -3.50. The number of hydrogen-bond donors (Lipinski definition) is 2. The number of rotatable bonds is 4. The van der Waals surface area contributed by atoms with Gasteiger partial charge in [0.05, 0.1) is 5.75 Å². The van der Waals surface area contributed by atoms with Crippen LogP contribution in [0.4, 0.5) is 11.5 Å². The summed E-state index contributed by atoms with van der Waals surface area (Å²) < 4.78 is 30.3. The molecule has 0 atom stereocenters. The van der Waals surface area contributed by atoms with Crippen molar-refractivity contribution in [3.8, 4) is 0 Å². The highest BCUT2D eigenvalue weighted by molar-refractivity contribution is 7.91. The van der Waals surface area contributed by atoms with Crippen LogP contribution in [-0.4, -0.2) is 13.6 Å². The number of nitrogen functional groups attached to an aromatic ring is 1. The van der Waals surface area contributed by atoms with Gasteiger partial charge in [-0.25, -0.2) is 8.42 Å². The van der Waals surface area contributed by atoms with Gasteiger partial charge in [-0.1, -0.05) is 17.3 Å². The number of aromatic nitrogens is 1. The molecule has 0 amide bonds. The summed E-state index contributed by atoms with van der Waals surface area (Å²) in [4.78, 5) is 0. The Kier molecular flexibility index (Phi) is 3.01. The van der Waals surface area contributed by atoms with Crippen LogP contribution in [0.1, 0.15) is 5.56 Å². The Bertz CT molecular complexity index is 593. The molecule has 0 aliphatic rings. The highest BCUT2D eigenvalue weighted by Gasteiger charge is 2.13. The molecular weight excluding hydrogens is 242 g/mol. The van der Waals surface area contributed by atoms with Gasteiger partial charge in [0.15, 0.2) is 5.82 Å². The van der Waals surface area contributed by atoms with Crippen molar-refractivity contribution in [3.63, 3.8) is 0 Å². The molecule has 2 aromatic rings. The maximum absolute atomic E-state index is 11.7. The monoisotopic (exact) mass is 253 g/mol. The zero-order valence-electron chi connectivity index (χ0n) is 8.83. The molecule has 7 heteroatoms. The van der Waals surface area contributed by atoms with E-state index in [1.54, 1.807) is 24.3 Å². The van der Waals surface area contributed by atoms with Gasteiger partial charge >= 0.3 is 0 Å². The first-order chi connectivity index (χ1) is 8.05. The van der Waals surface area contributed by atoms with Crippen molar-refractivity contribution < 1.29 is 12.9 Å². The number of sulfonamides is 1. The molecule has 3 N–H and O–H groups in total. The molecule has 1 aromatic heterocycles. The molecule has 0 aliphatic heterocycles. The third-order valence-electron chi connectivity index (χ3n) is 2.01. The second kappa shape index (κ2) is 4.46. The molecule has 0 bridgehead atoms. The Morgan fingerprint density at radius 2 is 2.18 bits per heavy atom. The molecule has 0 saturated carbocycles. The minimum absolute atomic E-state index is 0.161. The van der Waals surface area contributed by atoms with E-state index in [1.807, 2.05) is 0 Å². The third kappa shape index (κ3) is 3.22. The van der Waals surface area contributed by atoms with Gasteiger partial charge in [0, 0.05) is 11.8 Å². The van der Waals surface area contributed by atoms with Gasteiger partial charge in [0.2, 0.25) is 10.0 Å². The number of nitrogens with one attached hydrogen (secondary N) is 1. The largest absolute Gasteiger partial charge is 0.399 e. The first kappa shape index (κ1) is 11.5. The van der Waals surface area contributed by atoms with E-state index in [0.717, 1.165) is 0 Å². The Morgan fingerprint density at radius 1 is 1.35 bits per heavy atom. The van der Waals surface area contributed by atoms with Gasteiger partial charge in [0.25, 0.3) is 0 Å². The number of anilines is 2. The predicted molar refractivity (Wildman–Crippen MR) is 63.6 cm³/mol. The van der Waals surface area contributed by atoms with Crippen LogP contribution >= 0.6 is 0 Å². The summed E-state index contributed by atoms with van der Waals surface area (Å²) in [5, 5.41) is 3.47. The molecule has 0 radical (unpaired) electrons. The highest BCUT2D eigenvalue weighted by Crippen LogP contribution is 2.12. The molecule has 2 rings (SSSR count). The van der Waals surface area contributed by atoms with E-state index in [-0.39, 0.29) is 11.6 Å². The lowest BCUT2D eigenvalue weighted by atomic mass is 10.2. The van der Waals surface area contributed by atoms with E-state index in [1.165, 1.54) is 12.3 Å². The van der Waals surface area contributed by atoms with Gasteiger partial charge in [0.1, 0.15) is 6.26 Å². The fourth-order valence-electron chi connectivity index (χ4n) is 1.36. The van der Waals surface area contributed by atoms with Crippen molar-refractivity contribution in [2.24, 2.45) is 0 Å². The first-order valence-electron chi connectivity index (χ1n) is 4.80. The number of nitrogens with zero attached hydrogens (tertiary/aromatic N) is 1. The van der Waals surface area contributed by atoms with Gasteiger partial charge < -0.3 is 10.3 Å². The molecule has 0 unspecified atom stereocenters. The summed E-state index contributed by atoms with van der Waals surface area (Å²) >= 11 is 0. The second-order valence-electron chi connectivity index (χ2n) is 3.49. The predicted octanol–water partition coefficient (Wildman–Crippen LogP) is 1.20. The van der Waals surface area contributed by atoms with E-state index in [0.29, 0.717) is 11.3 Å². The topological polar surface area (TPSA) is 98.2 Å². The van der Waals surface area contributed by atoms with Crippen molar-refractivity contribution in [1.82, 2.24) is 5.16 Å². The molecule has 0 aliphatic carbocycles. The normalized spacial score (nSPS) is 11.3. The average Bonchev–Trinajstić information content (AvgIpc) is 2.68. The van der Waals surface area contributed by atoms with Gasteiger partial charge in [-0.15, -0.1) is 0 Å². The van der Waals surface area contributed by atoms with Crippen molar-refractivity contribution in [2.45, 2.75) is 5.75 Å². The zero-order valence-corrected chi connectivity index (χ0v) is 9.65. The summed E-state index contributed by atoms with van der Waals surface area (Å²) in [5.41, 5.74) is 6.71. The molecule has 0 spiro atoms. The van der Waals surface area contributed by atoms with Crippen LogP contribution in [0.5, 0.6) is 0 Å². The van der Waals surface area contributed by atoms with Gasteiger partial charge in [-0.05, 0) is 17.7 Å². The lowest BCUT2D eigenvalue weighted by molar-refractivity contribution is 0.423. The van der Waals surface area contributed by atoms with Crippen LogP contribution in [0.25, 0.3) is 0 Å².